The van der Waals surface area contributed by atoms with Crippen molar-refractivity contribution in [3.05, 3.63) is 0 Å². The van der Waals surface area contributed by atoms with Gasteiger partial charge in [0.25, 0.3) is 0 Å². The molecule has 2 rings (SSSR count). The molecule has 2 bridgehead atoms. The smallest absolute Gasteiger partial charge is 0.205 e. The molecule has 0 aromatic carbocycles. The average Bonchev–Trinajstić information content (AvgIpc) is 2.26. The van der Waals surface area contributed by atoms with Crippen molar-refractivity contribution in [1.82, 2.24) is 0 Å². The Bertz CT molecular complexity index is 283. The van der Waals surface area contributed by atoms with Crippen LogP contribution in [0, 0.1) is 16.7 Å². The molecule has 3 heteroatoms. The second-order valence-electron chi connectivity index (χ2n) is 4.84. The molecule has 0 heterocycles. The molecule has 0 spiro atoms. The Labute approximate surface area is 95.4 Å². The fourth-order valence-electron chi connectivity index (χ4n) is 2.80. The van der Waals surface area contributed by atoms with E-state index < -0.39 is 0 Å². The molecular formula is C10H14O2Sn. The first-order chi connectivity index (χ1) is 5.41. The van der Waals surface area contributed by atoms with Crippen molar-refractivity contribution in [2.24, 2.45) is 16.7 Å². The molecule has 0 N–H and O–H groups in total. The summed E-state index contributed by atoms with van der Waals surface area (Å²) in [5.74, 6) is -0.229. The molecular weight excluding hydrogens is 271 g/mol. The number of carbonyl (C=O) groups excluding carboxylic acids is 2. The maximum Gasteiger partial charge on any atom is 0.205 e. The van der Waals surface area contributed by atoms with Gasteiger partial charge < -0.3 is 0 Å². The largest absolute Gasteiger partial charge is 0.291 e. The van der Waals surface area contributed by atoms with Crippen molar-refractivity contribution >= 4 is 35.5 Å². The van der Waals surface area contributed by atoms with Crippen LogP contribution in [0.4, 0.5) is 0 Å². The second kappa shape index (κ2) is 2.81. The van der Waals surface area contributed by atoms with E-state index in [-0.39, 0.29) is 52.2 Å². The monoisotopic (exact) mass is 286 g/mol. The van der Waals surface area contributed by atoms with Gasteiger partial charge in [-0.2, -0.15) is 0 Å². The Balaban J connectivity index is 0.000000845. The van der Waals surface area contributed by atoms with Crippen LogP contribution in [0.5, 0.6) is 0 Å². The third kappa shape index (κ3) is 1.01. The molecule has 2 aliphatic rings. The summed E-state index contributed by atoms with van der Waals surface area (Å²) >= 11 is 0. The van der Waals surface area contributed by atoms with Crippen molar-refractivity contribution < 1.29 is 9.59 Å². The maximum atomic E-state index is 11.6. The number of carbonyl (C=O) groups is 2. The molecule has 2 saturated carbocycles. The van der Waals surface area contributed by atoms with Gasteiger partial charge in [-0.3, -0.25) is 9.59 Å². The van der Waals surface area contributed by atoms with Gasteiger partial charge in [-0.15, -0.1) is 0 Å². The Kier molecular flexibility index (Phi) is 2.43. The number of fused-ring (bicyclic) bond motifs is 2. The molecule has 2 aliphatic carbocycles. The molecule has 0 saturated heterocycles. The number of hydrogen-bond donors (Lipinski definition) is 0. The molecule has 0 aliphatic heterocycles. The van der Waals surface area contributed by atoms with Crippen LogP contribution in [0.3, 0.4) is 0 Å². The normalized spacial score (nSPS) is 40.7. The molecule has 70 valence electrons. The zero-order chi connectivity index (χ0) is 9.15. The van der Waals surface area contributed by atoms with Crippen LogP contribution in [0.1, 0.15) is 33.6 Å². The minimum Gasteiger partial charge on any atom is -0.291 e. The van der Waals surface area contributed by atoms with Crippen LogP contribution in [0.25, 0.3) is 0 Å². The number of hydrogen-bond acceptors (Lipinski definition) is 2. The summed E-state index contributed by atoms with van der Waals surface area (Å²) in [4.78, 5) is 23.0. The van der Waals surface area contributed by atoms with Crippen LogP contribution in [-0.2, 0) is 9.59 Å². The third-order valence-electron chi connectivity index (χ3n) is 4.27. The molecule has 4 radical (unpaired) electrons. The Morgan fingerprint density at radius 3 is 2.00 bits per heavy atom. The number of ketones is 2. The molecule has 2 nitrogen and oxygen atoms in total. The number of rotatable bonds is 0. The predicted molar refractivity (Wildman–Crippen MR) is 50.4 cm³/mol. The quantitative estimate of drug-likeness (QED) is 0.495. The number of Topliss-reactive ketones (excluding diaryl/α,β-unsaturated/α-hetero) is 2. The van der Waals surface area contributed by atoms with E-state index >= 15 is 0 Å². The first-order valence-corrected chi connectivity index (χ1v) is 4.50. The molecule has 13 heavy (non-hydrogen) atoms. The first kappa shape index (κ1) is 11.2. The van der Waals surface area contributed by atoms with E-state index in [0.29, 0.717) is 0 Å². The summed E-state index contributed by atoms with van der Waals surface area (Å²) in [6.45, 7) is 6.04. The van der Waals surface area contributed by atoms with E-state index in [4.69, 9.17) is 0 Å². The summed E-state index contributed by atoms with van der Waals surface area (Å²) in [7, 11) is 0. The fourth-order valence-corrected chi connectivity index (χ4v) is 2.80. The minimum atomic E-state index is -0.352. The summed E-state index contributed by atoms with van der Waals surface area (Å²) in [5.41, 5.74) is -0.448. The zero-order valence-electron chi connectivity index (χ0n) is 8.31. The van der Waals surface area contributed by atoms with E-state index in [1.54, 1.807) is 0 Å². The van der Waals surface area contributed by atoms with E-state index in [1.165, 1.54) is 0 Å². The molecule has 2 fully saturated rings. The van der Waals surface area contributed by atoms with Crippen LogP contribution in [0.2, 0.25) is 0 Å². The van der Waals surface area contributed by atoms with Crippen LogP contribution < -0.4 is 0 Å². The zero-order valence-corrected chi connectivity index (χ0v) is 11.2. The summed E-state index contributed by atoms with van der Waals surface area (Å²) < 4.78 is 0. The SMILES string of the molecule is CC12CCC(C(=O)C1=O)C2(C)C.[Sn]. The van der Waals surface area contributed by atoms with E-state index in [1.807, 2.05) is 20.8 Å². The molecule has 2 unspecified atom stereocenters. The van der Waals surface area contributed by atoms with Crippen molar-refractivity contribution in [3.8, 4) is 0 Å². The van der Waals surface area contributed by atoms with Crippen LogP contribution >= 0.6 is 0 Å². The average molecular weight is 285 g/mol. The minimum absolute atomic E-state index is 0. The van der Waals surface area contributed by atoms with E-state index in [2.05, 4.69) is 0 Å². The Morgan fingerprint density at radius 2 is 1.77 bits per heavy atom. The Hall–Kier alpha value is 0.139. The standard InChI is InChI=1S/C10H14O2.Sn/c1-9(2)6-4-5-10(9,3)8(12)7(6)11;/h6H,4-5H2,1-3H3;. The van der Waals surface area contributed by atoms with Gasteiger partial charge in [0.05, 0.1) is 0 Å². The third-order valence-corrected chi connectivity index (χ3v) is 4.27. The first-order valence-electron chi connectivity index (χ1n) is 4.50. The van der Waals surface area contributed by atoms with Gasteiger partial charge in [-0.25, -0.2) is 0 Å². The summed E-state index contributed by atoms with van der Waals surface area (Å²) in [6.07, 6.45) is 1.81. The topological polar surface area (TPSA) is 34.1 Å². The second-order valence-corrected chi connectivity index (χ2v) is 4.84. The van der Waals surface area contributed by atoms with E-state index in [9.17, 15) is 9.59 Å². The van der Waals surface area contributed by atoms with E-state index in [0.717, 1.165) is 12.8 Å². The summed E-state index contributed by atoms with van der Waals surface area (Å²) in [5, 5.41) is 0. The van der Waals surface area contributed by atoms with Gasteiger partial charge in [-0.05, 0) is 18.3 Å². The van der Waals surface area contributed by atoms with Crippen molar-refractivity contribution in [3.63, 3.8) is 0 Å². The van der Waals surface area contributed by atoms with Crippen molar-refractivity contribution in [2.75, 3.05) is 0 Å². The Morgan fingerprint density at radius 1 is 1.23 bits per heavy atom. The molecule has 0 aromatic rings. The van der Waals surface area contributed by atoms with Gasteiger partial charge in [0.2, 0.25) is 11.6 Å². The van der Waals surface area contributed by atoms with Crippen LogP contribution in [0.15, 0.2) is 0 Å². The van der Waals surface area contributed by atoms with Gasteiger partial charge in [0.1, 0.15) is 0 Å². The van der Waals surface area contributed by atoms with Crippen molar-refractivity contribution in [1.29, 1.82) is 0 Å². The maximum absolute atomic E-state index is 11.6. The molecule has 0 aromatic heterocycles. The van der Waals surface area contributed by atoms with Gasteiger partial charge in [0, 0.05) is 35.2 Å². The van der Waals surface area contributed by atoms with Gasteiger partial charge in [0.15, 0.2) is 0 Å². The van der Waals surface area contributed by atoms with Gasteiger partial charge in [-0.1, -0.05) is 20.8 Å². The van der Waals surface area contributed by atoms with Crippen LogP contribution in [-0.4, -0.2) is 35.5 Å². The molecule has 0 amide bonds. The summed E-state index contributed by atoms with van der Waals surface area (Å²) in [6, 6.07) is 0. The van der Waals surface area contributed by atoms with Gasteiger partial charge >= 0.3 is 0 Å². The predicted octanol–water partition coefficient (Wildman–Crippen LogP) is 1.20. The fraction of sp³-hybridized carbons (Fsp3) is 0.800. The molecule has 2 atom stereocenters. The van der Waals surface area contributed by atoms with Crippen molar-refractivity contribution in [2.45, 2.75) is 33.6 Å².